The van der Waals surface area contributed by atoms with Crippen LogP contribution in [0.3, 0.4) is 0 Å². The Kier molecular flexibility index (Phi) is 4.55. The Morgan fingerprint density at radius 3 is 2.68 bits per heavy atom. The lowest BCUT2D eigenvalue weighted by Gasteiger charge is -2.20. The summed E-state index contributed by atoms with van der Waals surface area (Å²) < 4.78 is 13.4. The summed E-state index contributed by atoms with van der Waals surface area (Å²) in [7, 11) is 0. The number of amides is 1. The predicted molar refractivity (Wildman–Crippen MR) is 78.4 cm³/mol. The van der Waals surface area contributed by atoms with Crippen LogP contribution in [-0.2, 0) is 4.79 Å². The number of aromatic amines is 1. The summed E-state index contributed by atoms with van der Waals surface area (Å²) in [4.78, 5) is 38.7. The molecule has 0 radical (unpaired) electrons. The van der Waals surface area contributed by atoms with Crippen molar-refractivity contribution in [3.63, 3.8) is 0 Å². The van der Waals surface area contributed by atoms with Crippen molar-refractivity contribution < 1.29 is 19.1 Å². The standard InChI is InChI=1S/C15H15FN2O4/c1-2-5-18(8-14(20)21)15(22)11-7-13(19)17-12-4-3-9(16)6-10(11)12/h3-4,6-7H,2,5,8H2,1H3,(H,17,19)(H,20,21). The molecule has 2 aromatic rings. The van der Waals surface area contributed by atoms with Crippen molar-refractivity contribution in [2.75, 3.05) is 13.1 Å². The molecule has 1 amide bonds. The molecule has 22 heavy (non-hydrogen) atoms. The average Bonchev–Trinajstić information content (AvgIpc) is 2.45. The molecule has 0 saturated heterocycles. The van der Waals surface area contributed by atoms with E-state index in [2.05, 4.69) is 4.98 Å². The number of aromatic nitrogens is 1. The maximum Gasteiger partial charge on any atom is 0.323 e. The molecule has 1 heterocycles. The third-order valence-electron chi connectivity index (χ3n) is 3.14. The summed E-state index contributed by atoms with van der Waals surface area (Å²) in [5.74, 6) is -2.30. The van der Waals surface area contributed by atoms with Crippen molar-refractivity contribution in [1.82, 2.24) is 9.88 Å². The number of carboxylic acids is 1. The molecule has 1 aromatic carbocycles. The van der Waals surface area contributed by atoms with Crippen molar-refractivity contribution in [1.29, 1.82) is 0 Å². The van der Waals surface area contributed by atoms with Gasteiger partial charge in [0.25, 0.3) is 5.91 Å². The predicted octanol–water partition coefficient (Wildman–Crippen LogP) is 1.60. The molecule has 0 atom stereocenters. The van der Waals surface area contributed by atoms with Crippen LogP contribution in [0.5, 0.6) is 0 Å². The van der Waals surface area contributed by atoms with Crippen LogP contribution >= 0.6 is 0 Å². The van der Waals surface area contributed by atoms with Crippen LogP contribution in [0.25, 0.3) is 10.9 Å². The summed E-state index contributed by atoms with van der Waals surface area (Å²) in [6.45, 7) is 1.56. The zero-order chi connectivity index (χ0) is 16.3. The van der Waals surface area contributed by atoms with E-state index < -0.39 is 29.8 Å². The van der Waals surface area contributed by atoms with Gasteiger partial charge in [-0.2, -0.15) is 0 Å². The fourth-order valence-corrected chi connectivity index (χ4v) is 2.26. The molecule has 0 bridgehead atoms. The number of hydrogen-bond donors (Lipinski definition) is 2. The zero-order valence-electron chi connectivity index (χ0n) is 11.9. The van der Waals surface area contributed by atoms with Crippen LogP contribution in [0.4, 0.5) is 4.39 Å². The highest BCUT2D eigenvalue weighted by molar-refractivity contribution is 6.06. The molecule has 0 spiro atoms. The summed E-state index contributed by atoms with van der Waals surface area (Å²) in [6.07, 6.45) is 0.564. The highest BCUT2D eigenvalue weighted by atomic mass is 19.1. The van der Waals surface area contributed by atoms with Gasteiger partial charge in [-0.1, -0.05) is 6.92 Å². The van der Waals surface area contributed by atoms with E-state index >= 15 is 0 Å². The highest BCUT2D eigenvalue weighted by Gasteiger charge is 2.20. The molecule has 1 aromatic heterocycles. The number of nitrogens with one attached hydrogen (secondary N) is 1. The normalized spacial score (nSPS) is 10.6. The van der Waals surface area contributed by atoms with E-state index in [1.807, 2.05) is 0 Å². The Bertz CT molecular complexity index is 785. The number of fused-ring (bicyclic) bond motifs is 1. The second-order valence-corrected chi connectivity index (χ2v) is 4.86. The van der Waals surface area contributed by atoms with Gasteiger partial charge in [-0.15, -0.1) is 0 Å². The number of carboxylic acid groups (broad SMARTS) is 1. The summed E-state index contributed by atoms with van der Waals surface area (Å²) in [5, 5.41) is 9.14. The first-order valence-corrected chi connectivity index (χ1v) is 6.76. The second-order valence-electron chi connectivity index (χ2n) is 4.86. The third-order valence-corrected chi connectivity index (χ3v) is 3.14. The van der Waals surface area contributed by atoms with E-state index in [9.17, 15) is 18.8 Å². The van der Waals surface area contributed by atoms with Gasteiger partial charge in [-0.25, -0.2) is 4.39 Å². The fourth-order valence-electron chi connectivity index (χ4n) is 2.26. The fraction of sp³-hybridized carbons (Fsp3) is 0.267. The van der Waals surface area contributed by atoms with Gasteiger partial charge < -0.3 is 15.0 Å². The molecule has 116 valence electrons. The summed E-state index contributed by atoms with van der Waals surface area (Å²) in [5.41, 5.74) is -0.189. The molecular formula is C15H15FN2O4. The van der Waals surface area contributed by atoms with Gasteiger partial charge in [0.15, 0.2) is 0 Å². The van der Waals surface area contributed by atoms with E-state index in [0.717, 1.165) is 17.0 Å². The number of benzene rings is 1. The van der Waals surface area contributed by atoms with E-state index in [0.29, 0.717) is 11.9 Å². The lowest BCUT2D eigenvalue weighted by atomic mass is 10.1. The Morgan fingerprint density at radius 1 is 1.32 bits per heavy atom. The lowest BCUT2D eigenvalue weighted by molar-refractivity contribution is -0.137. The van der Waals surface area contributed by atoms with E-state index in [1.165, 1.54) is 12.1 Å². The van der Waals surface area contributed by atoms with Crippen LogP contribution in [0.15, 0.2) is 29.1 Å². The van der Waals surface area contributed by atoms with Gasteiger partial charge in [0.1, 0.15) is 12.4 Å². The number of H-pyrrole nitrogens is 1. The first-order chi connectivity index (χ1) is 10.4. The van der Waals surface area contributed by atoms with Crippen LogP contribution in [0.2, 0.25) is 0 Å². The van der Waals surface area contributed by atoms with Crippen LogP contribution in [0.1, 0.15) is 23.7 Å². The molecule has 0 unspecified atom stereocenters. The molecule has 0 aliphatic carbocycles. The van der Waals surface area contributed by atoms with Crippen LogP contribution < -0.4 is 5.56 Å². The van der Waals surface area contributed by atoms with Gasteiger partial charge >= 0.3 is 5.97 Å². The van der Waals surface area contributed by atoms with Crippen molar-refractivity contribution in [2.24, 2.45) is 0 Å². The molecule has 2 rings (SSSR count). The maximum absolute atomic E-state index is 13.4. The molecule has 7 heteroatoms. The highest BCUT2D eigenvalue weighted by Crippen LogP contribution is 2.18. The Morgan fingerprint density at radius 2 is 2.05 bits per heavy atom. The molecule has 0 fully saturated rings. The number of rotatable bonds is 5. The number of carbonyl (C=O) groups excluding carboxylic acids is 1. The minimum atomic E-state index is -1.15. The minimum absolute atomic E-state index is 0.00653. The third kappa shape index (κ3) is 3.30. The smallest absolute Gasteiger partial charge is 0.323 e. The first kappa shape index (κ1) is 15.7. The summed E-state index contributed by atoms with van der Waals surface area (Å²) >= 11 is 0. The number of aliphatic carboxylic acids is 1. The molecule has 0 aliphatic rings. The monoisotopic (exact) mass is 306 g/mol. The quantitative estimate of drug-likeness (QED) is 0.878. The molecule has 0 saturated carbocycles. The number of nitrogens with zero attached hydrogens (tertiary/aromatic N) is 1. The minimum Gasteiger partial charge on any atom is -0.480 e. The van der Waals surface area contributed by atoms with Gasteiger partial charge in [0.2, 0.25) is 5.56 Å². The van der Waals surface area contributed by atoms with E-state index in [4.69, 9.17) is 5.11 Å². The number of pyridine rings is 1. The number of hydrogen-bond acceptors (Lipinski definition) is 3. The maximum atomic E-state index is 13.4. The first-order valence-electron chi connectivity index (χ1n) is 6.76. The molecule has 6 nitrogen and oxygen atoms in total. The number of halogens is 1. The van der Waals surface area contributed by atoms with Crippen LogP contribution in [-0.4, -0.2) is 40.0 Å². The average molecular weight is 306 g/mol. The van der Waals surface area contributed by atoms with Gasteiger partial charge in [0.05, 0.1) is 5.56 Å². The van der Waals surface area contributed by atoms with Crippen molar-refractivity contribution in [2.45, 2.75) is 13.3 Å². The SMILES string of the molecule is CCCN(CC(=O)O)C(=O)c1cc(=O)[nH]c2ccc(F)cc12. The Hall–Kier alpha value is -2.70. The van der Waals surface area contributed by atoms with E-state index in [1.54, 1.807) is 6.92 Å². The molecular weight excluding hydrogens is 291 g/mol. The summed E-state index contributed by atoms with van der Waals surface area (Å²) in [6, 6.07) is 4.75. The lowest BCUT2D eigenvalue weighted by Crippen LogP contribution is -2.36. The molecule has 0 aliphatic heterocycles. The van der Waals surface area contributed by atoms with Crippen LogP contribution in [0, 0.1) is 5.82 Å². The van der Waals surface area contributed by atoms with Crippen molar-refractivity contribution >= 4 is 22.8 Å². The van der Waals surface area contributed by atoms with Gasteiger partial charge in [-0.05, 0) is 24.6 Å². The topological polar surface area (TPSA) is 90.5 Å². The molecule has 2 N–H and O–H groups in total. The van der Waals surface area contributed by atoms with Gasteiger partial charge in [-0.3, -0.25) is 14.4 Å². The second kappa shape index (κ2) is 6.38. The number of carbonyl (C=O) groups is 2. The van der Waals surface area contributed by atoms with Crippen molar-refractivity contribution in [3.8, 4) is 0 Å². The Balaban J connectivity index is 2.56. The van der Waals surface area contributed by atoms with Gasteiger partial charge in [0, 0.05) is 23.5 Å². The zero-order valence-corrected chi connectivity index (χ0v) is 11.9. The largest absolute Gasteiger partial charge is 0.480 e. The Labute approximate surface area is 125 Å². The van der Waals surface area contributed by atoms with Crippen molar-refractivity contribution in [3.05, 3.63) is 46.0 Å². The van der Waals surface area contributed by atoms with E-state index in [-0.39, 0.29) is 17.5 Å².